The van der Waals surface area contributed by atoms with Gasteiger partial charge in [-0.1, -0.05) is 19.1 Å². The maximum absolute atomic E-state index is 13.1. The van der Waals surface area contributed by atoms with Gasteiger partial charge in [0.15, 0.2) is 5.03 Å². The smallest absolute Gasteiger partial charge is 0.202 e. The van der Waals surface area contributed by atoms with Crippen LogP contribution in [0.25, 0.3) is 11.0 Å². The molecule has 0 aliphatic heterocycles. The first-order valence-corrected chi connectivity index (χ1v) is 12.2. The van der Waals surface area contributed by atoms with Gasteiger partial charge in [0.2, 0.25) is 9.84 Å². The Morgan fingerprint density at radius 1 is 0.970 bits per heavy atom. The maximum Gasteiger partial charge on any atom is 0.202 e. The number of para-hydroxylation sites is 2. The first kappa shape index (κ1) is 22.7. The molecule has 8 nitrogen and oxygen atoms in total. The third kappa shape index (κ3) is 4.68. The van der Waals surface area contributed by atoms with Gasteiger partial charge in [0.25, 0.3) is 0 Å². The Balaban J connectivity index is 1.84. The molecule has 2 aromatic carbocycles. The molecule has 0 amide bonds. The lowest BCUT2D eigenvalue weighted by molar-refractivity contribution is 0.395. The van der Waals surface area contributed by atoms with Crippen LogP contribution in [0.15, 0.2) is 53.9 Å². The highest BCUT2D eigenvalue weighted by Crippen LogP contribution is 2.32. The van der Waals surface area contributed by atoms with E-state index in [0.717, 1.165) is 23.3 Å². The highest BCUT2D eigenvalue weighted by molar-refractivity contribution is 7.90. The number of ether oxygens (including phenoxy) is 2. The SMILES string of the molecule is CCc1cc(OC)cc(Cc2nc3ccccc3nc2CS(=O)(=O)c2cn(C)cn2)c1OC. The van der Waals surface area contributed by atoms with E-state index in [2.05, 4.69) is 9.97 Å². The Kier molecular flexibility index (Phi) is 6.33. The van der Waals surface area contributed by atoms with Gasteiger partial charge in [-0.3, -0.25) is 0 Å². The molecular formula is C24H26N4O4S. The monoisotopic (exact) mass is 466 g/mol. The molecule has 0 fully saturated rings. The van der Waals surface area contributed by atoms with Crippen LogP contribution in [0.4, 0.5) is 0 Å². The Bertz CT molecular complexity index is 1410. The average Bonchev–Trinajstić information content (AvgIpc) is 3.26. The number of hydrogen-bond acceptors (Lipinski definition) is 7. The molecular weight excluding hydrogens is 440 g/mol. The van der Waals surface area contributed by atoms with Crippen molar-refractivity contribution in [2.45, 2.75) is 30.5 Å². The minimum Gasteiger partial charge on any atom is -0.497 e. The molecule has 4 rings (SSSR count). The molecule has 0 radical (unpaired) electrons. The zero-order valence-electron chi connectivity index (χ0n) is 19.1. The Labute approximate surface area is 193 Å². The van der Waals surface area contributed by atoms with Crippen molar-refractivity contribution in [1.29, 1.82) is 0 Å². The van der Waals surface area contributed by atoms with Crippen molar-refractivity contribution in [3.63, 3.8) is 0 Å². The molecule has 0 saturated heterocycles. The second-order valence-corrected chi connectivity index (χ2v) is 9.69. The molecule has 4 aromatic rings. The second-order valence-electron chi connectivity index (χ2n) is 7.75. The molecule has 9 heteroatoms. The van der Waals surface area contributed by atoms with Gasteiger partial charge in [-0.2, -0.15) is 0 Å². The molecule has 0 atom stereocenters. The van der Waals surface area contributed by atoms with Gasteiger partial charge in [-0.25, -0.2) is 23.4 Å². The summed E-state index contributed by atoms with van der Waals surface area (Å²) < 4.78 is 39.0. The molecule has 0 spiro atoms. The summed E-state index contributed by atoms with van der Waals surface area (Å²) in [4.78, 5) is 13.5. The Morgan fingerprint density at radius 3 is 2.21 bits per heavy atom. The number of fused-ring (bicyclic) bond motifs is 1. The van der Waals surface area contributed by atoms with Crippen LogP contribution in [0.3, 0.4) is 0 Å². The lowest BCUT2D eigenvalue weighted by atomic mass is 10.0. The zero-order valence-corrected chi connectivity index (χ0v) is 19.9. The van der Waals surface area contributed by atoms with E-state index >= 15 is 0 Å². The average molecular weight is 467 g/mol. The van der Waals surface area contributed by atoms with Crippen molar-refractivity contribution in [3.8, 4) is 11.5 Å². The summed E-state index contributed by atoms with van der Waals surface area (Å²) in [7, 11) is 1.27. The van der Waals surface area contributed by atoms with Gasteiger partial charge < -0.3 is 14.0 Å². The van der Waals surface area contributed by atoms with Crippen LogP contribution in [0, 0.1) is 0 Å². The first-order chi connectivity index (χ1) is 15.8. The second kappa shape index (κ2) is 9.19. The number of imidazole rings is 1. The summed E-state index contributed by atoms with van der Waals surface area (Å²) in [6.45, 7) is 2.04. The number of sulfone groups is 1. The summed E-state index contributed by atoms with van der Waals surface area (Å²) in [5, 5.41) is 0.0122. The predicted octanol–water partition coefficient (Wildman–Crippen LogP) is 3.51. The van der Waals surface area contributed by atoms with Crippen molar-refractivity contribution in [2.75, 3.05) is 14.2 Å². The summed E-state index contributed by atoms with van der Waals surface area (Å²) in [6.07, 6.45) is 4.06. The van der Waals surface area contributed by atoms with Gasteiger partial charge in [-0.05, 0) is 36.2 Å². The fourth-order valence-electron chi connectivity index (χ4n) is 3.81. The molecule has 0 N–H and O–H groups in total. The minimum atomic E-state index is -3.71. The van der Waals surface area contributed by atoms with Crippen LogP contribution in [-0.4, -0.2) is 42.2 Å². The van der Waals surface area contributed by atoms with Crippen LogP contribution in [0.5, 0.6) is 11.5 Å². The number of nitrogens with zero attached hydrogens (tertiary/aromatic N) is 4. The number of aryl methyl sites for hydroxylation is 2. The van der Waals surface area contributed by atoms with E-state index in [1.54, 1.807) is 25.8 Å². The van der Waals surface area contributed by atoms with Crippen molar-refractivity contribution < 1.29 is 17.9 Å². The largest absolute Gasteiger partial charge is 0.497 e. The lowest BCUT2D eigenvalue weighted by Gasteiger charge is -2.16. The highest BCUT2D eigenvalue weighted by atomic mass is 32.2. The topological polar surface area (TPSA) is 96.2 Å². The van der Waals surface area contributed by atoms with E-state index in [9.17, 15) is 8.42 Å². The van der Waals surface area contributed by atoms with Crippen molar-refractivity contribution in [1.82, 2.24) is 19.5 Å². The maximum atomic E-state index is 13.1. The van der Waals surface area contributed by atoms with Crippen LogP contribution in [0.2, 0.25) is 0 Å². The van der Waals surface area contributed by atoms with Crippen LogP contribution < -0.4 is 9.47 Å². The van der Waals surface area contributed by atoms with Crippen molar-refractivity contribution in [2.24, 2.45) is 7.05 Å². The van der Waals surface area contributed by atoms with E-state index in [1.165, 1.54) is 12.5 Å². The van der Waals surface area contributed by atoms with E-state index in [0.29, 0.717) is 34.6 Å². The molecule has 0 aliphatic rings. The third-order valence-electron chi connectivity index (χ3n) is 5.45. The van der Waals surface area contributed by atoms with Gasteiger partial charge >= 0.3 is 0 Å². The summed E-state index contributed by atoms with van der Waals surface area (Å²) in [6, 6.07) is 11.3. The van der Waals surface area contributed by atoms with Crippen molar-refractivity contribution >= 4 is 20.9 Å². The summed E-state index contributed by atoms with van der Waals surface area (Å²) in [5.74, 6) is 1.15. The van der Waals surface area contributed by atoms with Gasteiger partial charge in [0.1, 0.15) is 17.3 Å². The Morgan fingerprint density at radius 2 is 1.64 bits per heavy atom. The van der Waals surface area contributed by atoms with Crippen LogP contribution in [0.1, 0.15) is 29.4 Å². The van der Waals surface area contributed by atoms with E-state index in [4.69, 9.17) is 14.5 Å². The quantitative estimate of drug-likeness (QED) is 0.392. The molecule has 0 unspecified atom stereocenters. The standard InChI is InChI=1S/C24H26N4O4S/c1-5-16-10-18(31-3)11-17(24(16)32-4)12-21-22(27-20-9-7-6-8-19(20)26-21)14-33(29,30)23-13-28(2)15-25-23/h6-11,13,15H,5,12,14H2,1-4H3. The fraction of sp³-hybridized carbons (Fsp3) is 0.292. The molecule has 2 aromatic heterocycles. The first-order valence-electron chi connectivity index (χ1n) is 10.5. The van der Waals surface area contributed by atoms with E-state index < -0.39 is 9.84 Å². The number of hydrogen-bond donors (Lipinski definition) is 0. The molecule has 172 valence electrons. The van der Waals surface area contributed by atoms with Gasteiger partial charge in [0.05, 0.1) is 43.0 Å². The predicted molar refractivity (Wildman–Crippen MR) is 125 cm³/mol. The van der Waals surface area contributed by atoms with Crippen LogP contribution >= 0.6 is 0 Å². The normalized spacial score (nSPS) is 11.6. The summed E-state index contributed by atoms with van der Waals surface area (Å²) >= 11 is 0. The van der Waals surface area contributed by atoms with Crippen LogP contribution in [-0.2, 0) is 35.5 Å². The number of benzene rings is 2. The molecule has 0 saturated carbocycles. The lowest BCUT2D eigenvalue weighted by Crippen LogP contribution is -2.12. The fourth-order valence-corrected chi connectivity index (χ4v) is 5.08. The highest BCUT2D eigenvalue weighted by Gasteiger charge is 2.23. The molecule has 0 aliphatic carbocycles. The third-order valence-corrected chi connectivity index (χ3v) is 6.95. The van der Waals surface area contributed by atoms with Gasteiger partial charge in [0, 0.05) is 25.2 Å². The van der Waals surface area contributed by atoms with Crippen molar-refractivity contribution in [3.05, 3.63) is 71.4 Å². The zero-order chi connectivity index (χ0) is 23.6. The Hall–Kier alpha value is -3.46. The number of aromatic nitrogens is 4. The van der Waals surface area contributed by atoms with E-state index in [1.807, 2.05) is 43.3 Å². The molecule has 2 heterocycles. The molecule has 33 heavy (non-hydrogen) atoms. The minimum absolute atomic E-state index is 0.0122. The number of methoxy groups -OCH3 is 2. The summed E-state index contributed by atoms with van der Waals surface area (Å²) in [5.41, 5.74) is 4.16. The van der Waals surface area contributed by atoms with E-state index in [-0.39, 0.29) is 10.8 Å². The van der Waals surface area contributed by atoms with Gasteiger partial charge in [-0.15, -0.1) is 0 Å². The number of rotatable bonds is 8. The molecule has 0 bridgehead atoms.